The molecule has 0 bridgehead atoms. The molecule has 0 spiro atoms. The molecule has 98 valence electrons. The number of rotatable bonds is 1. The first kappa shape index (κ1) is 12.5. The Kier molecular flexibility index (Phi) is 3.60. The lowest BCUT2D eigenvalue weighted by atomic mass is 9.78. The minimum Gasteiger partial charge on any atom is -0.353 e. The van der Waals surface area contributed by atoms with Gasteiger partial charge in [0.25, 0.3) is 0 Å². The van der Waals surface area contributed by atoms with E-state index < -0.39 is 0 Å². The Morgan fingerprint density at radius 3 is 2.78 bits per heavy atom. The van der Waals surface area contributed by atoms with Gasteiger partial charge in [-0.05, 0) is 66.6 Å². The maximum absolute atomic E-state index is 4.77. The van der Waals surface area contributed by atoms with Gasteiger partial charge in [-0.15, -0.1) is 0 Å². The van der Waals surface area contributed by atoms with E-state index in [0.717, 1.165) is 22.1 Å². The standard InChI is InChI=1S/C15H21BrN2/c1-11-13(16)8-9-15(17-11)18-10-4-6-12-5-2-3-7-14(12)18/h8-9,12,14H,2-7,10H2,1H3/t12-,14-/m1/s1. The molecule has 1 aliphatic heterocycles. The van der Waals surface area contributed by atoms with E-state index in [1.54, 1.807) is 0 Å². The summed E-state index contributed by atoms with van der Waals surface area (Å²) >= 11 is 3.54. The number of hydrogen-bond donors (Lipinski definition) is 0. The van der Waals surface area contributed by atoms with Gasteiger partial charge in [0.15, 0.2) is 0 Å². The average Bonchev–Trinajstić information content (AvgIpc) is 2.41. The Bertz CT molecular complexity index is 431. The van der Waals surface area contributed by atoms with E-state index >= 15 is 0 Å². The van der Waals surface area contributed by atoms with Gasteiger partial charge in [0.1, 0.15) is 5.82 Å². The first-order valence-electron chi connectivity index (χ1n) is 7.15. The third kappa shape index (κ3) is 2.29. The van der Waals surface area contributed by atoms with Crippen LogP contribution in [0.3, 0.4) is 0 Å². The summed E-state index contributed by atoms with van der Waals surface area (Å²) < 4.78 is 1.11. The summed E-state index contributed by atoms with van der Waals surface area (Å²) in [5.74, 6) is 2.10. The number of anilines is 1. The molecule has 2 nitrogen and oxygen atoms in total. The van der Waals surface area contributed by atoms with E-state index in [-0.39, 0.29) is 0 Å². The van der Waals surface area contributed by atoms with Crippen LogP contribution >= 0.6 is 15.9 Å². The molecule has 3 heteroatoms. The maximum atomic E-state index is 4.77. The zero-order chi connectivity index (χ0) is 12.5. The average molecular weight is 309 g/mol. The Balaban J connectivity index is 1.87. The van der Waals surface area contributed by atoms with Gasteiger partial charge in [-0.1, -0.05) is 12.8 Å². The number of aryl methyl sites for hydroxylation is 1. The molecule has 2 aliphatic rings. The van der Waals surface area contributed by atoms with Crippen LogP contribution in [-0.2, 0) is 0 Å². The minimum absolute atomic E-state index is 0.751. The van der Waals surface area contributed by atoms with Gasteiger partial charge in [0.2, 0.25) is 0 Å². The van der Waals surface area contributed by atoms with Crippen molar-refractivity contribution in [3.8, 4) is 0 Å². The van der Waals surface area contributed by atoms with Gasteiger partial charge in [-0.2, -0.15) is 0 Å². The highest BCUT2D eigenvalue weighted by molar-refractivity contribution is 9.10. The second-order valence-corrected chi connectivity index (χ2v) is 6.54. The Morgan fingerprint density at radius 1 is 1.17 bits per heavy atom. The molecule has 1 aromatic rings. The first-order valence-corrected chi connectivity index (χ1v) is 7.95. The highest BCUT2D eigenvalue weighted by atomic mass is 79.9. The molecule has 2 fully saturated rings. The van der Waals surface area contributed by atoms with Crippen molar-refractivity contribution in [3.63, 3.8) is 0 Å². The summed E-state index contributed by atoms with van der Waals surface area (Å²) in [6, 6.07) is 5.07. The number of hydrogen-bond acceptors (Lipinski definition) is 2. The molecule has 1 saturated heterocycles. The van der Waals surface area contributed by atoms with Gasteiger partial charge in [0, 0.05) is 17.1 Å². The van der Waals surface area contributed by atoms with Crippen LogP contribution in [0.25, 0.3) is 0 Å². The second-order valence-electron chi connectivity index (χ2n) is 5.68. The number of fused-ring (bicyclic) bond motifs is 1. The summed E-state index contributed by atoms with van der Waals surface area (Å²) in [6.07, 6.45) is 8.38. The summed E-state index contributed by atoms with van der Waals surface area (Å²) in [6.45, 7) is 3.27. The largest absolute Gasteiger partial charge is 0.353 e. The Morgan fingerprint density at radius 2 is 1.94 bits per heavy atom. The summed E-state index contributed by atoms with van der Waals surface area (Å²) in [5.41, 5.74) is 1.10. The fraction of sp³-hybridized carbons (Fsp3) is 0.667. The molecule has 0 radical (unpaired) electrons. The lowest BCUT2D eigenvalue weighted by molar-refractivity contribution is 0.242. The molecule has 1 aromatic heterocycles. The maximum Gasteiger partial charge on any atom is 0.129 e. The predicted molar refractivity (Wildman–Crippen MR) is 79.0 cm³/mol. The molecular weight excluding hydrogens is 288 g/mol. The van der Waals surface area contributed by atoms with E-state index in [1.165, 1.54) is 50.9 Å². The van der Waals surface area contributed by atoms with E-state index in [4.69, 9.17) is 4.98 Å². The van der Waals surface area contributed by atoms with Gasteiger partial charge in [-0.25, -0.2) is 4.98 Å². The summed E-state index contributed by atoms with van der Waals surface area (Å²) in [4.78, 5) is 7.34. The molecule has 0 aromatic carbocycles. The van der Waals surface area contributed by atoms with Crippen LogP contribution in [-0.4, -0.2) is 17.6 Å². The lowest BCUT2D eigenvalue weighted by Gasteiger charge is -2.44. The molecule has 0 unspecified atom stereocenters. The Hall–Kier alpha value is -0.570. The first-order chi connectivity index (χ1) is 8.75. The van der Waals surface area contributed by atoms with Crippen LogP contribution in [0.1, 0.15) is 44.2 Å². The van der Waals surface area contributed by atoms with Crippen molar-refractivity contribution in [2.75, 3.05) is 11.4 Å². The number of pyridine rings is 1. The smallest absolute Gasteiger partial charge is 0.129 e. The summed E-state index contributed by atoms with van der Waals surface area (Å²) in [5, 5.41) is 0. The fourth-order valence-corrected chi connectivity index (χ4v) is 3.82. The zero-order valence-corrected chi connectivity index (χ0v) is 12.6. The molecule has 2 atom stereocenters. The van der Waals surface area contributed by atoms with Crippen LogP contribution in [0.5, 0.6) is 0 Å². The van der Waals surface area contributed by atoms with Crippen molar-refractivity contribution >= 4 is 21.7 Å². The number of nitrogens with zero attached hydrogens (tertiary/aromatic N) is 2. The highest BCUT2D eigenvalue weighted by Gasteiger charge is 2.33. The van der Waals surface area contributed by atoms with Gasteiger partial charge >= 0.3 is 0 Å². The van der Waals surface area contributed by atoms with Gasteiger partial charge in [-0.3, -0.25) is 0 Å². The van der Waals surface area contributed by atoms with Crippen molar-refractivity contribution in [1.82, 2.24) is 4.98 Å². The van der Waals surface area contributed by atoms with E-state index in [9.17, 15) is 0 Å². The molecule has 0 N–H and O–H groups in total. The molecular formula is C15H21BrN2. The number of halogens is 1. The van der Waals surface area contributed by atoms with Crippen molar-refractivity contribution in [1.29, 1.82) is 0 Å². The van der Waals surface area contributed by atoms with E-state index in [0.29, 0.717) is 0 Å². The van der Waals surface area contributed by atoms with Crippen LogP contribution in [0.2, 0.25) is 0 Å². The summed E-state index contributed by atoms with van der Waals surface area (Å²) in [7, 11) is 0. The van der Waals surface area contributed by atoms with Crippen LogP contribution in [0.4, 0.5) is 5.82 Å². The van der Waals surface area contributed by atoms with Crippen LogP contribution < -0.4 is 4.90 Å². The predicted octanol–water partition coefficient (Wildman–Crippen LogP) is 4.31. The van der Waals surface area contributed by atoms with Crippen molar-refractivity contribution < 1.29 is 0 Å². The van der Waals surface area contributed by atoms with E-state index in [1.807, 2.05) is 0 Å². The fourth-order valence-electron chi connectivity index (χ4n) is 3.60. The number of piperidine rings is 1. The molecule has 3 rings (SSSR count). The van der Waals surface area contributed by atoms with Crippen molar-refractivity contribution in [3.05, 3.63) is 22.3 Å². The second kappa shape index (κ2) is 5.20. The van der Waals surface area contributed by atoms with Crippen molar-refractivity contribution in [2.45, 2.75) is 51.5 Å². The van der Waals surface area contributed by atoms with Crippen molar-refractivity contribution in [2.24, 2.45) is 5.92 Å². The number of aromatic nitrogens is 1. The van der Waals surface area contributed by atoms with Crippen LogP contribution in [0, 0.1) is 12.8 Å². The quantitative estimate of drug-likeness (QED) is 0.768. The molecule has 2 heterocycles. The normalized spacial score (nSPS) is 28.0. The molecule has 1 saturated carbocycles. The monoisotopic (exact) mass is 308 g/mol. The molecule has 18 heavy (non-hydrogen) atoms. The Labute approximate surface area is 118 Å². The third-order valence-corrected chi connectivity index (χ3v) is 5.38. The van der Waals surface area contributed by atoms with E-state index in [2.05, 4.69) is 39.9 Å². The van der Waals surface area contributed by atoms with Crippen LogP contribution in [0.15, 0.2) is 16.6 Å². The highest BCUT2D eigenvalue weighted by Crippen LogP contribution is 2.37. The zero-order valence-electron chi connectivity index (χ0n) is 11.0. The SMILES string of the molecule is Cc1nc(N2CCC[C@H]3CCCC[C@H]32)ccc1Br. The van der Waals surface area contributed by atoms with Gasteiger partial charge < -0.3 is 4.90 Å². The third-order valence-electron chi connectivity index (χ3n) is 4.54. The molecule has 1 aliphatic carbocycles. The lowest BCUT2D eigenvalue weighted by Crippen LogP contribution is -2.47. The topological polar surface area (TPSA) is 16.1 Å². The van der Waals surface area contributed by atoms with Gasteiger partial charge in [0.05, 0.1) is 5.69 Å². The minimum atomic E-state index is 0.751. The molecule has 0 amide bonds.